The van der Waals surface area contributed by atoms with Gasteiger partial charge in [0.1, 0.15) is 0 Å². The molecule has 2 N–H and O–H groups in total. The van der Waals surface area contributed by atoms with E-state index in [0.717, 1.165) is 16.7 Å². The maximum absolute atomic E-state index is 10.4. The first-order chi connectivity index (χ1) is 13.7. The minimum Gasteiger partial charge on any atom is -0.387 e. The number of rotatable bonds is 12. The molecule has 0 amide bonds. The number of hydrogen-bond acceptors (Lipinski definition) is 4. The zero-order chi connectivity index (χ0) is 20.0. The second-order valence-electron chi connectivity index (χ2n) is 6.64. The lowest BCUT2D eigenvalue weighted by atomic mass is 10.1. The molecule has 0 radical (unpaired) electrons. The molecule has 2 aromatic carbocycles. The Morgan fingerprint density at radius 2 is 1.61 bits per heavy atom. The summed E-state index contributed by atoms with van der Waals surface area (Å²) in [6, 6.07) is 20.1. The van der Waals surface area contributed by atoms with Crippen LogP contribution in [0.5, 0.6) is 0 Å². The Hall–Kier alpha value is -2.24. The Morgan fingerprint density at radius 3 is 2.21 bits per heavy atom. The SMILES string of the molecule is CNCC(O)C(/C=C\C(C)OCc1ccccc1)=C/COCc1ccccc1. The van der Waals surface area contributed by atoms with Gasteiger partial charge < -0.3 is 19.9 Å². The van der Waals surface area contributed by atoms with E-state index in [1.165, 1.54) is 0 Å². The smallest absolute Gasteiger partial charge is 0.0911 e. The number of nitrogens with one attached hydrogen (secondary N) is 1. The fraction of sp³-hybridized carbons (Fsp3) is 0.333. The lowest BCUT2D eigenvalue weighted by Crippen LogP contribution is -2.25. The normalized spacial score (nSPS) is 14.3. The number of ether oxygens (including phenoxy) is 2. The first-order valence-electron chi connectivity index (χ1n) is 9.67. The zero-order valence-corrected chi connectivity index (χ0v) is 16.8. The van der Waals surface area contributed by atoms with E-state index in [1.54, 1.807) is 0 Å². The van der Waals surface area contributed by atoms with Crippen molar-refractivity contribution in [3.8, 4) is 0 Å². The summed E-state index contributed by atoms with van der Waals surface area (Å²) >= 11 is 0. The molecular formula is C24H31NO3. The zero-order valence-electron chi connectivity index (χ0n) is 16.8. The van der Waals surface area contributed by atoms with Crippen molar-refractivity contribution in [1.29, 1.82) is 0 Å². The highest BCUT2D eigenvalue weighted by atomic mass is 16.5. The van der Waals surface area contributed by atoms with Crippen molar-refractivity contribution in [2.45, 2.75) is 32.3 Å². The molecule has 0 bridgehead atoms. The lowest BCUT2D eigenvalue weighted by Gasteiger charge is -2.14. The van der Waals surface area contributed by atoms with Crippen molar-refractivity contribution in [3.63, 3.8) is 0 Å². The topological polar surface area (TPSA) is 50.7 Å². The quantitative estimate of drug-likeness (QED) is 0.433. The Bertz CT molecular complexity index is 713. The average molecular weight is 382 g/mol. The molecule has 0 aromatic heterocycles. The van der Waals surface area contributed by atoms with E-state index >= 15 is 0 Å². The van der Waals surface area contributed by atoms with Crippen LogP contribution >= 0.6 is 0 Å². The van der Waals surface area contributed by atoms with Gasteiger partial charge >= 0.3 is 0 Å². The van der Waals surface area contributed by atoms with Crippen LogP contribution in [-0.4, -0.2) is 37.5 Å². The highest BCUT2D eigenvalue weighted by Gasteiger charge is 2.08. The van der Waals surface area contributed by atoms with Crippen LogP contribution < -0.4 is 5.32 Å². The molecule has 2 unspecified atom stereocenters. The Balaban J connectivity index is 1.86. The summed E-state index contributed by atoms with van der Waals surface area (Å²) < 4.78 is 11.6. The summed E-state index contributed by atoms with van der Waals surface area (Å²) in [5, 5.41) is 13.4. The maximum atomic E-state index is 10.4. The van der Waals surface area contributed by atoms with Crippen LogP contribution in [0.2, 0.25) is 0 Å². The van der Waals surface area contributed by atoms with Crippen LogP contribution in [0.15, 0.2) is 84.5 Å². The lowest BCUT2D eigenvalue weighted by molar-refractivity contribution is 0.0839. The number of hydrogen-bond donors (Lipinski definition) is 2. The largest absolute Gasteiger partial charge is 0.387 e. The van der Waals surface area contributed by atoms with Crippen LogP contribution in [-0.2, 0) is 22.7 Å². The molecule has 0 saturated heterocycles. The molecule has 0 aliphatic heterocycles. The molecule has 2 rings (SSSR count). The van der Waals surface area contributed by atoms with E-state index in [0.29, 0.717) is 26.4 Å². The van der Waals surface area contributed by atoms with Gasteiger partial charge in [0, 0.05) is 6.54 Å². The second-order valence-corrected chi connectivity index (χ2v) is 6.64. The van der Waals surface area contributed by atoms with Gasteiger partial charge in [-0.15, -0.1) is 0 Å². The molecule has 4 nitrogen and oxygen atoms in total. The molecule has 0 aliphatic rings. The number of aliphatic hydroxyl groups excluding tert-OH is 1. The third-order valence-corrected chi connectivity index (χ3v) is 4.25. The van der Waals surface area contributed by atoms with Gasteiger partial charge in [-0.05, 0) is 30.7 Å². The Kier molecular flexibility index (Phi) is 10.3. The molecule has 0 heterocycles. The molecule has 0 saturated carbocycles. The van der Waals surface area contributed by atoms with Gasteiger partial charge in [-0.2, -0.15) is 0 Å². The van der Waals surface area contributed by atoms with Crippen molar-refractivity contribution in [3.05, 3.63) is 95.6 Å². The summed E-state index contributed by atoms with van der Waals surface area (Å²) in [6.07, 6.45) is 5.15. The first kappa shape index (κ1) is 22.1. The molecule has 2 atom stereocenters. The van der Waals surface area contributed by atoms with Crippen LogP contribution in [0, 0.1) is 0 Å². The average Bonchev–Trinajstić information content (AvgIpc) is 2.73. The highest BCUT2D eigenvalue weighted by molar-refractivity contribution is 5.24. The Labute approximate surface area is 168 Å². The molecule has 4 heteroatoms. The molecule has 0 aliphatic carbocycles. The van der Waals surface area contributed by atoms with E-state index in [9.17, 15) is 5.11 Å². The highest BCUT2D eigenvalue weighted by Crippen LogP contribution is 2.09. The summed E-state index contributed by atoms with van der Waals surface area (Å²) in [7, 11) is 1.82. The van der Waals surface area contributed by atoms with Crippen LogP contribution in [0.1, 0.15) is 18.1 Å². The number of benzene rings is 2. The van der Waals surface area contributed by atoms with Crippen molar-refractivity contribution >= 4 is 0 Å². The van der Waals surface area contributed by atoms with E-state index in [-0.39, 0.29) is 6.10 Å². The third kappa shape index (κ3) is 8.63. The molecule has 28 heavy (non-hydrogen) atoms. The van der Waals surface area contributed by atoms with Gasteiger partial charge in [-0.25, -0.2) is 0 Å². The maximum Gasteiger partial charge on any atom is 0.0911 e. The number of likely N-dealkylation sites (N-methyl/N-ethyl adjacent to an activating group) is 1. The predicted molar refractivity (Wildman–Crippen MR) is 114 cm³/mol. The summed E-state index contributed by atoms with van der Waals surface area (Å²) in [4.78, 5) is 0. The minimum atomic E-state index is -0.595. The Morgan fingerprint density at radius 1 is 1.00 bits per heavy atom. The number of aliphatic hydroxyl groups is 1. The predicted octanol–water partition coefficient (Wildman–Crippen LogP) is 3.87. The molecule has 0 spiro atoms. The van der Waals surface area contributed by atoms with Crippen molar-refractivity contribution < 1.29 is 14.6 Å². The van der Waals surface area contributed by atoms with Gasteiger partial charge in [-0.1, -0.05) is 78.9 Å². The van der Waals surface area contributed by atoms with Crippen molar-refractivity contribution in [1.82, 2.24) is 5.32 Å². The summed E-state index contributed by atoms with van der Waals surface area (Å²) in [5.41, 5.74) is 3.09. The standard InChI is InChI=1S/C24H31NO3/c1-20(28-19-22-11-7-4-8-12-22)13-14-23(24(26)17-25-2)15-16-27-18-21-9-5-3-6-10-21/h3-15,20,24-26H,16-19H2,1-2H3/b14-13-,23-15+. The van der Waals surface area contributed by atoms with E-state index in [4.69, 9.17) is 9.47 Å². The third-order valence-electron chi connectivity index (χ3n) is 4.25. The van der Waals surface area contributed by atoms with Crippen LogP contribution in [0.25, 0.3) is 0 Å². The van der Waals surface area contributed by atoms with Gasteiger partial charge in [0.15, 0.2) is 0 Å². The van der Waals surface area contributed by atoms with Crippen molar-refractivity contribution in [2.24, 2.45) is 0 Å². The van der Waals surface area contributed by atoms with E-state index in [2.05, 4.69) is 5.32 Å². The van der Waals surface area contributed by atoms with Gasteiger partial charge in [-0.3, -0.25) is 0 Å². The summed E-state index contributed by atoms with van der Waals surface area (Å²) in [5.74, 6) is 0. The molecule has 0 fully saturated rings. The van der Waals surface area contributed by atoms with Gasteiger partial charge in [0.25, 0.3) is 0 Å². The van der Waals surface area contributed by atoms with Crippen LogP contribution in [0.4, 0.5) is 0 Å². The van der Waals surface area contributed by atoms with Gasteiger partial charge in [0.05, 0.1) is 32.0 Å². The minimum absolute atomic E-state index is 0.0596. The van der Waals surface area contributed by atoms with Crippen molar-refractivity contribution in [2.75, 3.05) is 20.2 Å². The molecule has 2 aromatic rings. The molecule has 150 valence electrons. The first-order valence-corrected chi connectivity index (χ1v) is 9.67. The van der Waals surface area contributed by atoms with E-state index < -0.39 is 6.10 Å². The van der Waals surface area contributed by atoms with E-state index in [1.807, 2.05) is 92.9 Å². The van der Waals surface area contributed by atoms with Crippen LogP contribution in [0.3, 0.4) is 0 Å². The second kappa shape index (κ2) is 13.0. The van der Waals surface area contributed by atoms with Gasteiger partial charge in [0.2, 0.25) is 0 Å². The molecular weight excluding hydrogens is 350 g/mol. The fourth-order valence-electron chi connectivity index (χ4n) is 2.64. The monoisotopic (exact) mass is 381 g/mol. The fourth-order valence-corrected chi connectivity index (χ4v) is 2.64. The summed E-state index contributed by atoms with van der Waals surface area (Å²) in [6.45, 7) is 4.02.